The number of hydrogen-bond donors (Lipinski definition) is 3. The van der Waals surface area contributed by atoms with Gasteiger partial charge in [-0.3, -0.25) is 33.7 Å². The Bertz CT molecular complexity index is 2610. The maximum absolute atomic E-state index is 14.4. The van der Waals surface area contributed by atoms with Gasteiger partial charge in [0.15, 0.2) is 23.1 Å². The van der Waals surface area contributed by atoms with Gasteiger partial charge in [-0.05, 0) is 99.6 Å². The third-order valence-electron chi connectivity index (χ3n) is 13.7. The average molecular weight is 855 g/mol. The number of piperidine rings is 1. The molecule has 3 aromatic heterocycles. The van der Waals surface area contributed by atoms with E-state index in [-0.39, 0.29) is 34.4 Å². The number of phenolic OH excluding ortho intramolecular Hbond substituents is 1. The number of aromatic hydroxyl groups is 1. The van der Waals surface area contributed by atoms with Gasteiger partial charge in [-0.2, -0.15) is 9.37 Å². The van der Waals surface area contributed by atoms with E-state index in [0.29, 0.717) is 41.8 Å². The highest BCUT2D eigenvalue weighted by atomic mass is 19.1. The molecular formula is C43H48F2N10O7. The van der Waals surface area contributed by atoms with Crippen LogP contribution in [0.1, 0.15) is 85.6 Å². The highest BCUT2D eigenvalue weighted by Gasteiger charge is 2.51. The maximum atomic E-state index is 14.4. The Kier molecular flexibility index (Phi) is 10.8. The van der Waals surface area contributed by atoms with Crippen molar-refractivity contribution in [1.82, 2.24) is 44.8 Å². The first-order valence-corrected chi connectivity index (χ1v) is 21.1. The van der Waals surface area contributed by atoms with E-state index in [1.54, 1.807) is 23.9 Å². The number of hydrogen-bond acceptors (Lipinski definition) is 13. The number of amides is 3. The highest BCUT2D eigenvalue weighted by Crippen LogP contribution is 2.57. The Morgan fingerprint density at radius 3 is 2.50 bits per heavy atom. The number of aromatic nitrogens is 6. The Balaban J connectivity index is 0.764. The van der Waals surface area contributed by atoms with Crippen molar-refractivity contribution in [1.29, 1.82) is 0 Å². The summed E-state index contributed by atoms with van der Waals surface area (Å²) >= 11 is 0. The second kappa shape index (κ2) is 16.2. The zero-order valence-electron chi connectivity index (χ0n) is 34.6. The summed E-state index contributed by atoms with van der Waals surface area (Å²) in [7, 11) is 2.86. The number of benzene rings is 2. The smallest absolute Gasteiger partial charge is 0.329 e. The average Bonchev–Trinajstić information content (AvgIpc) is 3.89. The Hall–Kier alpha value is -6.24. The summed E-state index contributed by atoms with van der Waals surface area (Å²) in [6.45, 7) is 4.43. The molecule has 0 spiro atoms. The first kappa shape index (κ1) is 41.1. The van der Waals surface area contributed by atoms with Crippen molar-refractivity contribution in [3.05, 3.63) is 75.6 Å². The molecule has 0 radical (unpaired) electrons. The second-order valence-electron chi connectivity index (χ2n) is 17.2. The van der Waals surface area contributed by atoms with Crippen molar-refractivity contribution >= 4 is 34.7 Å². The van der Waals surface area contributed by atoms with Gasteiger partial charge >= 0.3 is 5.69 Å². The fraction of sp³-hybridized carbons (Fsp3) is 0.488. The lowest BCUT2D eigenvalue weighted by molar-refractivity contribution is -0.135. The Labute approximate surface area is 354 Å². The lowest BCUT2D eigenvalue weighted by Gasteiger charge is -2.52. The van der Waals surface area contributed by atoms with Crippen LogP contribution in [-0.2, 0) is 28.5 Å². The molecule has 3 aliphatic carbocycles. The van der Waals surface area contributed by atoms with Crippen LogP contribution in [0.15, 0.2) is 45.8 Å². The topological polar surface area (TPSA) is 203 Å². The van der Waals surface area contributed by atoms with Crippen molar-refractivity contribution < 1.29 is 37.5 Å². The number of carbonyl (C=O) groups is 3. The molecule has 19 heteroatoms. The lowest BCUT2D eigenvalue weighted by Crippen LogP contribution is -2.49. The molecular weight excluding hydrogens is 807 g/mol. The molecule has 10 rings (SSSR count). The molecule has 2 saturated heterocycles. The van der Waals surface area contributed by atoms with E-state index in [1.165, 1.54) is 4.57 Å². The number of ether oxygens (including phenoxy) is 1. The zero-order chi connectivity index (χ0) is 43.3. The van der Waals surface area contributed by atoms with Crippen molar-refractivity contribution in [2.75, 3.05) is 51.3 Å². The molecule has 3 amide bonds. The summed E-state index contributed by atoms with van der Waals surface area (Å²) < 4.78 is 42.3. The van der Waals surface area contributed by atoms with E-state index < -0.39 is 41.0 Å². The number of imidazole rings is 1. The van der Waals surface area contributed by atoms with Gasteiger partial charge in [0, 0.05) is 57.8 Å². The maximum Gasteiger partial charge on any atom is 0.329 e. The lowest BCUT2D eigenvalue weighted by atomic mass is 9.53. The predicted octanol–water partition coefficient (Wildman–Crippen LogP) is 3.93. The molecule has 5 heterocycles. The first-order chi connectivity index (χ1) is 29.9. The van der Waals surface area contributed by atoms with Gasteiger partial charge in [-0.1, -0.05) is 11.2 Å². The van der Waals surface area contributed by atoms with Crippen molar-refractivity contribution in [2.45, 2.75) is 75.7 Å². The zero-order valence-corrected chi connectivity index (χ0v) is 34.6. The van der Waals surface area contributed by atoms with E-state index in [0.717, 1.165) is 108 Å². The largest absolute Gasteiger partial charge is 0.503 e. The monoisotopic (exact) mass is 854 g/mol. The summed E-state index contributed by atoms with van der Waals surface area (Å²) in [6.07, 6.45) is 8.76. The fourth-order valence-electron chi connectivity index (χ4n) is 9.82. The van der Waals surface area contributed by atoms with Crippen molar-refractivity contribution in [3.8, 4) is 23.1 Å². The van der Waals surface area contributed by atoms with Crippen LogP contribution in [0.3, 0.4) is 0 Å². The minimum Gasteiger partial charge on any atom is -0.503 e. The molecule has 326 valence electrons. The SMILES string of the molecule is COc1c(C(=O)NC[C@]23CC[C@](c4noc(-c5ccnc(N6CCN(CCCc7ccc8c(c7)n(C)c(=O)n8C7CCC(=O)NC7=O)CC6)n5)n4)(CC2)CC3)cc(F)c(O)c1F. The number of anilines is 1. The molecule has 5 fully saturated rings. The van der Waals surface area contributed by atoms with Crippen LogP contribution in [0.4, 0.5) is 14.7 Å². The van der Waals surface area contributed by atoms with Crippen molar-refractivity contribution in [3.63, 3.8) is 0 Å². The molecule has 3 N–H and O–H groups in total. The van der Waals surface area contributed by atoms with Crippen LogP contribution < -0.4 is 26.0 Å². The van der Waals surface area contributed by atoms with E-state index in [4.69, 9.17) is 19.2 Å². The molecule has 2 bridgehead atoms. The van der Waals surface area contributed by atoms with E-state index in [9.17, 15) is 33.1 Å². The molecule has 5 aliphatic rings. The molecule has 5 aromatic rings. The summed E-state index contributed by atoms with van der Waals surface area (Å²) in [5.74, 6) is -4.11. The number of methoxy groups -OCH3 is 1. The van der Waals surface area contributed by atoms with Crippen LogP contribution in [0.2, 0.25) is 0 Å². The van der Waals surface area contributed by atoms with Gasteiger partial charge in [0.05, 0.1) is 23.7 Å². The number of rotatable bonds is 12. The first-order valence-electron chi connectivity index (χ1n) is 21.1. The minimum atomic E-state index is -1.32. The van der Waals surface area contributed by atoms with Crippen LogP contribution in [-0.4, -0.2) is 103 Å². The number of phenols is 1. The molecule has 62 heavy (non-hydrogen) atoms. The van der Waals surface area contributed by atoms with Gasteiger partial charge in [0.2, 0.25) is 23.6 Å². The number of nitrogens with zero attached hydrogens (tertiary/aromatic N) is 8. The van der Waals surface area contributed by atoms with Gasteiger partial charge < -0.3 is 24.6 Å². The van der Waals surface area contributed by atoms with E-state index in [1.807, 2.05) is 18.2 Å². The van der Waals surface area contributed by atoms with Crippen LogP contribution in [0.5, 0.6) is 11.5 Å². The summed E-state index contributed by atoms with van der Waals surface area (Å²) in [6, 6.07) is 7.76. The summed E-state index contributed by atoms with van der Waals surface area (Å²) in [5.41, 5.74) is 2.07. The van der Waals surface area contributed by atoms with Crippen molar-refractivity contribution in [2.24, 2.45) is 12.5 Å². The molecule has 1 unspecified atom stereocenters. The highest BCUT2D eigenvalue weighted by molar-refractivity contribution is 6.00. The number of piperazine rings is 1. The van der Waals surface area contributed by atoms with Crippen LogP contribution >= 0.6 is 0 Å². The van der Waals surface area contributed by atoms with Gasteiger partial charge in [0.1, 0.15) is 11.7 Å². The summed E-state index contributed by atoms with van der Waals surface area (Å²) in [4.78, 5) is 69.2. The summed E-state index contributed by atoms with van der Waals surface area (Å²) in [5, 5.41) is 19.2. The predicted molar refractivity (Wildman–Crippen MR) is 220 cm³/mol. The van der Waals surface area contributed by atoms with Gasteiger partial charge in [0.25, 0.3) is 11.8 Å². The van der Waals surface area contributed by atoms with Gasteiger partial charge in [-0.15, -0.1) is 0 Å². The number of imide groups is 1. The molecule has 17 nitrogen and oxygen atoms in total. The third kappa shape index (κ3) is 7.45. The molecule has 1 atom stereocenters. The molecule has 2 aromatic carbocycles. The number of nitrogens with one attached hydrogen (secondary N) is 2. The third-order valence-corrected chi connectivity index (χ3v) is 13.7. The minimum absolute atomic E-state index is 0.177. The van der Waals surface area contributed by atoms with Crippen LogP contribution in [0, 0.1) is 17.0 Å². The normalized spacial score (nSPS) is 22.9. The number of carbonyl (C=O) groups excluding carboxylic acids is 3. The fourth-order valence-corrected chi connectivity index (χ4v) is 9.82. The number of aryl methyl sites for hydroxylation is 2. The quantitative estimate of drug-likeness (QED) is 0.153. The second-order valence-corrected chi connectivity index (χ2v) is 17.2. The van der Waals surface area contributed by atoms with Gasteiger partial charge in [-0.25, -0.2) is 19.2 Å². The number of fused-ring (bicyclic) bond motifs is 4. The Morgan fingerprint density at radius 2 is 1.77 bits per heavy atom. The van der Waals surface area contributed by atoms with Crippen LogP contribution in [0.25, 0.3) is 22.6 Å². The van der Waals surface area contributed by atoms with E-state index >= 15 is 0 Å². The van der Waals surface area contributed by atoms with E-state index in [2.05, 4.69) is 30.6 Å². The Morgan fingerprint density at radius 1 is 1.02 bits per heavy atom. The molecule has 2 aliphatic heterocycles. The standard InChI is InChI=1S/C43H48F2N10O7/c1-52-31-22-25(5-6-29(31)55(41(52)60)30-7-8-32(56)49-37(30)59)4-3-17-53-18-20-54(21-19-53)40-46-16-9-28(48-40)38-50-39(51-62-38)43-13-10-42(11-14-43,12-15-43)24-47-36(58)26-23-27(44)34(57)33(45)35(26)61-2/h5-6,9,16,22-23,30,57H,3-4,7-8,10-15,17-21,24H2,1-2H3,(H,47,58)(H,49,56,59)/t30?,42-,43+. The molecule has 3 saturated carbocycles. The number of halogens is 2.